The summed E-state index contributed by atoms with van der Waals surface area (Å²) >= 11 is 0. The molecule has 12 rings (SSSR count). The summed E-state index contributed by atoms with van der Waals surface area (Å²) in [6, 6.07) is 63.1. The second-order valence-corrected chi connectivity index (χ2v) is 27.0. The molecule has 0 fully saturated rings. The molecule has 0 spiro atoms. The number of allylic oxidation sites excluding steroid dienone is 6. The van der Waals surface area contributed by atoms with Crippen molar-refractivity contribution in [1.82, 2.24) is 0 Å². The number of rotatable bonds is 9. The minimum atomic E-state index is -0.188. The normalized spacial score (nSPS) is 14.3. The van der Waals surface area contributed by atoms with Crippen LogP contribution in [0.3, 0.4) is 0 Å². The molecule has 410 valence electrons. The van der Waals surface area contributed by atoms with Gasteiger partial charge in [-0.05, 0) is 175 Å². The van der Waals surface area contributed by atoms with Gasteiger partial charge in [0.15, 0.2) is 0 Å². The number of hydrogen-bond donors (Lipinski definition) is 0. The Morgan fingerprint density at radius 2 is 1.18 bits per heavy atom. The highest BCUT2D eigenvalue weighted by molar-refractivity contribution is 7.00. The summed E-state index contributed by atoms with van der Waals surface area (Å²) in [5, 5.41) is 1.16. The first-order chi connectivity index (χ1) is 39.1. The van der Waals surface area contributed by atoms with E-state index < -0.39 is 0 Å². The summed E-state index contributed by atoms with van der Waals surface area (Å²) in [5.41, 5.74) is 25.8. The summed E-state index contributed by atoms with van der Waals surface area (Å²) in [5.74, 6) is 1.08. The Morgan fingerprint density at radius 1 is 0.549 bits per heavy atom. The highest BCUT2D eigenvalue weighted by Crippen LogP contribution is 2.50. The van der Waals surface area contributed by atoms with Gasteiger partial charge in [0.2, 0.25) is 0 Å². The quantitative estimate of drug-likeness (QED) is 0.106. The Labute approximate surface area is 488 Å². The molecule has 0 atom stereocenters. The van der Waals surface area contributed by atoms with Gasteiger partial charge in [-0.2, -0.15) is 0 Å². The number of anilines is 9. The first-order valence-corrected chi connectivity index (χ1v) is 29.6. The third-order valence-corrected chi connectivity index (χ3v) is 17.3. The summed E-state index contributed by atoms with van der Waals surface area (Å²) < 4.78 is 6.45. The third-order valence-electron chi connectivity index (χ3n) is 17.3. The molecule has 5 heteroatoms. The number of aryl methyl sites for hydroxylation is 1. The van der Waals surface area contributed by atoms with E-state index in [9.17, 15) is 0 Å². The summed E-state index contributed by atoms with van der Waals surface area (Å²) in [6.45, 7) is 33.9. The number of nitrogens with zero attached hydrogens (tertiary/aromatic N) is 3. The lowest BCUT2D eigenvalue weighted by atomic mass is 9.33. The van der Waals surface area contributed by atoms with Crippen molar-refractivity contribution in [1.29, 1.82) is 0 Å². The molecule has 9 aromatic rings. The largest absolute Gasteiger partial charge is 0.460 e. The van der Waals surface area contributed by atoms with Crippen LogP contribution in [-0.2, 0) is 28.1 Å². The van der Waals surface area contributed by atoms with Crippen molar-refractivity contribution >= 4 is 96.9 Å². The van der Waals surface area contributed by atoms with E-state index >= 15 is 0 Å². The maximum Gasteiger partial charge on any atom is 0.252 e. The smallest absolute Gasteiger partial charge is 0.252 e. The molecule has 0 bridgehead atoms. The van der Waals surface area contributed by atoms with Gasteiger partial charge in [0.1, 0.15) is 11.3 Å². The van der Waals surface area contributed by atoms with E-state index in [4.69, 9.17) is 4.42 Å². The van der Waals surface area contributed by atoms with E-state index in [1.54, 1.807) is 0 Å². The van der Waals surface area contributed by atoms with Gasteiger partial charge in [-0.25, -0.2) is 0 Å². The Kier molecular flexibility index (Phi) is 13.5. The Hall–Kier alpha value is -8.28. The van der Waals surface area contributed by atoms with Crippen LogP contribution in [0.1, 0.15) is 136 Å². The molecule has 0 unspecified atom stereocenters. The average Bonchev–Trinajstić information content (AvgIpc) is 1.71. The highest BCUT2D eigenvalue weighted by atomic mass is 16.3. The lowest BCUT2D eigenvalue weighted by Gasteiger charge is -2.45. The molecule has 0 amide bonds. The van der Waals surface area contributed by atoms with Gasteiger partial charge in [-0.3, -0.25) is 0 Å². The van der Waals surface area contributed by atoms with E-state index in [0.29, 0.717) is 0 Å². The topological polar surface area (TPSA) is 22.9 Å². The van der Waals surface area contributed by atoms with Gasteiger partial charge in [0.25, 0.3) is 6.71 Å². The second-order valence-electron chi connectivity index (χ2n) is 27.0. The maximum absolute atomic E-state index is 6.45. The summed E-state index contributed by atoms with van der Waals surface area (Å²) in [6.07, 6.45) is 14.7. The van der Waals surface area contributed by atoms with Gasteiger partial charge >= 0.3 is 0 Å². The van der Waals surface area contributed by atoms with Gasteiger partial charge in [0, 0.05) is 68.4 Å². The van der Waals surface area contributed by atoms with Crippen LogP contribution in [0.25, 0.3) is 33.7 Å². The van der Waals surface area contributed by atoms with Crippen LogP contribution in [-0.4, -0.2) is 6.71 Å². The molecule has 1 aromatic heterocycles. The predicted octanol–water partition coefficient (Wildman–Crippen LogP) is 19.9. The molecule has 3 aliphatic rings. The fourth-order valence-electron chi connectivity index (χ4n) is 12.6. The molecule has 82 heavy (non-hydrogen) atoms. The molecule has 0 saturated carbocycles. The van der Waals surface area contributed by atoms with E-state index in [1.807, 2.05) is 12.2 Å². The molecule has 1 aliphatic carbocycles. The van der Waals surface area contributed by atoms with Crippen molar-refractivity contribution in [2.24, 2.45) is 0 Å². The third kappa shape index (κ3) is 9.66. The minimum Gasteiger partial charge on any atom is -0.460 e. The first kappa shape index (κ1) is 54.3. The van der Waals surface area contributed by atoms with Crippen molar-refractivity contribution in [2.45, 2.75) is 125 Å². The second kappa shape index (κ2) is 20.3. The predicted molar refractivity (Wildman–Crippen MR) is 355 cm³/mol. The fourth-order valence-corrected chi connectivity index (χ4v) is 12.6. The lowest BCUT2D eigenvalue weighted by molar-refractivity contribution is 0.546. The molecule has 0 saturated heterocycles. The molecule has 3 heterocycles. The number of fused-ring (bicyclic) bond motifs is 7. The van der Waals surface area contributed by atoms with Crippen molar-refractivity contribution in [3.05, 3.63) is 240 Å². The monoisotopic (exact) mass is 1070 g/mol. The van der Waals surface area contributed by atoms with E-state index in [1.165, 1.54) is 61.3 Å². The standard InChI is InChI=1S/C77H78BN3O/c1-15-17-23-50(16-2)61-26-18-20-28-66(61)79(57-36-31-53(32-37-57)74(3,4)5)60-40-41-64-68(49-60)81(59-25-22-24-51(44-59)52-30-43-72-63(45-52)62-27-19-21-29-71(62)82-72)70-48-56(77(12,13)14)47-69-73(70)78(64)65-46-55(76(9,10)11)35-42-67(65)80(69)58-38-33-54(34-39-58)75(6,7)8/h15-20,22-28,30-49H,1,21,29H2,2-14H3/b23-17-,50-16+. The van der Waals surface area contributed by atoms with Gasteiger partial charge in [-0.15, -0.1) is 0 Å². The molecular formula is C77H78BN3O. The van der Waals surface area contributed by atoms with Crippen molar-refractivity contribution in [2.75, 3.05) is 14.7 Å². The number of benzene rings is 8. The van der Waals surface area contributed by atoms with E-state index in [0.717, 1.165) is 86.0 Å². The maximum atomic E-state index is 6.45. The Balaban J connectivity index is 1.16. The minimum absolute atomic E-state index is 0.0107. The summed E-state index contributed by atoms with van der Waals surface area (Å²) in [4.78, 5) is 7.64. The highest BCUT2D eigenvalue weighted by Gasteiger charge is 2.45. The molecule has 0 N–H and O–H groups in total. The van der Waals surface area contributed by atoms with Gasteiger partial charge in [0.05, 0.1) is 5.69 Å². The number of para-hydroxylation sites is 1. The van der Waals surface area contributed by atoms with Crippen LogP contribution in [0, 0.1) is 0 Å². The zero-order chi connectivity index (χ0) is 57.6. The average molecular weight is 1070 g/mol. The SMILES string of the molecule is C=C/C=C\C(=C/C)c1ccccc1N(c1ccc(C(C)(C)C)cc1)c1ccc2c(c1)N(c1cccc(-c3ccc4oc5c(c4c3)C=CCC5)c1)c1cc(C(C)(C)C)cc3c1B2c1cc(C(C)(C)C)ccc1N3c1ccc(C(C)(C)C)cc1. The lowest BCUT2D eigenvalue weighted by Crippen LogP contribution is -2.61. The zero-order valence-corrected chi connectivity index (χ0v) is 50.5. The van der Waals surface area contributed by atoms with Crippen molar-refractivity contribution in [3.8, 4) is 11.1 Å². The van der Waals surface area contributed by atoms with Crippen molar-refractivity contribution in [3.63, 3.8) is 0 Å². The summed E-state index contributed by atoms with van der Waals surface area (Å²) in [7, 11) is 0. The fraction of sp³-hybridized carbons (Fsp3) is 0.247. The van der Waals surface area contributed by atoms with Crippen LogP contribution in [0.15, 0.2) is 205 Å². The number of hydrogen-bond acceptors (Lipinski definition) is 4. The molecule has 2 aliphatic heterocycles. The van der Waals surface area contributed by atoms with Crippen LogP contribution in [0.2, 0.25) is 0 Å². The Bertz CT molecular complexity index is 4060. The molecule has 4 nitrogen and oxygen atoms in total. The van der Waals surface area contributed by atoms with Crippen LogP contribution >= 0.6 is 0 Å². The molecular weight excluding hydrogens is 994 g/mol. The van der Waals surface area contributed by atoms with Gasteiger partial charge in [-0.1, -0.05) is 205 Å². The zero-order valence-electron chi connectivity index (χ0n) is 50.5. The molecule has 0 radical (unpaired) electrons. The van der Waals surface area contributed by atoms with Crippen molar-refractivity contribution < 1.29 is 4.42 Å². The van der Waals surface area contributed by atoms with E-state index in [-0.39, 0.29) is 28.4 Å². The van der Waals surface area contributed by atoms with Crippen LogP contribution < -0.4 is 31.1 Å². The number of furan rings is 1. The first-order valence-electron chi connectivity index (χ1n) is 29.6. The van der Waals surface area contributed by atoms with Gasteiger partial charge < -0.3 is 19.1 Å². The van der Waals surface area contributed by atoms with E-state index in [2.05, 4.69) is 299 Å². The van der Waals surface area contributed by atoms with Crippen LogP contribution in [0.5, 0.6) is 0 Å². The molecule has 8 aromatic carbocycles. The van der Waals surface area contributed by atoms with Crippen LogP contribution in [0.4, 0.5) is 51.2 Å². The Morgan fingerprint density at radius 3 is 1.85 bits per heavy atom.